The van der Waals surface area contributed by atoms with E-state index in [1.165, 1.54) is 13.0 Å². The maximum Gasteiger partial charge on any atom is 0.351 e. The number of aliphatic carboxylic acids is 1. The van der Waals surface area contributed by atoms with Crippen LogP contribution in [0.1, 0.15) is 12.5 Å². The minimum absolute atomic E-state index is 0.360. The van der Waals surface area contributed by atoms with Crippen LogP contribution in [0.25, 0.3) is 6.08 Å². The van der Waals surface area contributed by atoms with E-state index >= 15 is 0 Å². The van der Waals surface area contributed by atoms with Gasteiger partial charge in [0.15, 0.2) is 0 Å². The van der Waals surface area contributed by atoms with Gasteiger partial charge in [-0.2, -0.15) is 0 Å². The molecule has 0 aliphatic carbocycles. The molecule has 0 saturated heterocycles. The first kappa shape index (κ1) is 20.3. The molecule has 0 fully saturated rings. The highest BCUT2D eigenvalue weighted by Gasteiger charge is 2.35. The minimum atomic E-state index is -1.36. The Morgan fingerprint density at radius 2 is 1.48 bits per heavy atom. The standard InChI is InChI=1S/C25H22O6/c1-25(24(26)27)14-13-18-17-22(11-12-23(18)31-25)29-16-15-28-19-7-9-21(10-8-19)30-20-5-3-2-4-6-20/h2-14,17H,15-16H2,1H3,(H,26,27). The number of carbonyl (C=O) groups is 1. The van der Waals surface area contributed by atoms with Crippen LogP contribution in [0.2, 0.25) is 0 Å². The lowest BCUT2D eigenvalue weighted by Crippen LogP contribution is -2.40. The van der Waals surface area contributed by atoms with Gasteiger partial charge >= 0.3 is 5.97 Å². The smallest absolute Gasteiger partial charge is 0.351 e. The van der Waals surface area contributed by atoms with Crippen molar-refractivity contribution in [2.75, 3.05) is 13.2 Å². The van der Waals surface area contributed by atoms with E-state index in [-0.39, 0.29) is 0 Å². The summed E-state index contributed by atoms with van der Waals surface area (Å²) in [5, 5.41) is 9.27. The van der Waals surface area contributed by atoms with E-state index in [9.17, 15) is 9.90 Å². The molecule has 0 radical (unpaired) electrons. The Labute approximate surface area is 180 Å². The summed E-state index contributed by atoms with van der Waals surface area (Å²) in [6, 6.07) is 22.2. The van der Waals surface area contributed by atoms with Crippen molar-refractivity contribution in [2.24, 2.45) is 0 Å². The number of ether oxygens (including phenoxy) is 4. The quantitative estimate of drug-likeness (QED) is 0.508. The lowest BCUT2D eigenvalue weighted by atomic mass is 10.0. The molecule has 0 aromatic heterocycles. The first-order valence-corrected chi connectivity index (χ1v) is 9.86. The largest absolute Gasteiger partial charge is 0.490 e. The summed E-state index contributed by atoms with van der Waals surface area (Å²) >= 11 is 0. The van der Waals surface area contributed by atoms with Gasteiger partial charge in [0.2, 0.25) is 5.60 Å². The Bertz CT molecular complexity index is 1070. The molecule has 3 aromatic carbocycles. The van der Waals surface area contributed by atoms with Crippen molar-refractivity contribution in [2.45, 2.75) is 12.5 Å². The zero-order valence-corrected chi connectivity index (χ0v) is 17.0. The van der Waals surface area contributed by atoms with Gasteiger partial charge in [-0.05, 0) is 67.6 Å². The summed E-state index contributed by atoms with van der Waals surface area (Å²) in [7, 11) is 0. The molecular weight excluding hydrogens is 396 g/mol. The van der Waals surface area contributed by atoms with E-state index in [0.29, 0.717) is 24.7 Å². The van der Waals surface area contributed by atoms with E-state index < -0.39 is 11.6 Å². The number of para-hydroxylation sites is 1. The molecule has 1 aliphatic heterocycles. The summed E-state index contributed by atoms with van der Waals surface area (Å²) in [4.78, 5) is 11.3. The van der Waals surface area contributed by atoms with Crippen LogP contribution in [-0.4, -0.2) is 29.9 Å². The lowest BCUT2D eigenvalue weighted by Gasteiger charge is -2.27. The van der Waals surface area contributed by atoms with Crippen molar-refractivity contribution < 1.29 is 28.8 Å². The molecule has 0 amide bonds. The van der Waals surface area contributed by atoms with Gasteiger partial charge in [-0.1, -0.05) is 24.3 Å². The summed E-state index contributed by atoms with van der Waals surface area (Å²) in [6.45, 7) is 2.24. The van der Waals surface area contributed by atoms with E-state index in [1.807, 2.05) is 60.7 Å². The van der Waals surface area contributed by atoms with Gasteiger partial charge in [-0.25, -0.2) is 4.79 Å². The van der Waals surface area contributed by atoms with E-state index in [0.717, 1.165) is 22.8 Å². The predicted molar refractivity (Wildman–Crippen MR) is 116 cm³/mol. The maximum atomic E-state index is 11.3. The molecule has 1 atom stereocenters. The number of rotatable bonds is 8. The van der Waals surface area contributed by atoms with Crippen molar-refractivity contribution in [1.29, 1.82) is 0 Å². The molecule has 4 rings (SSSR count). The molecule has 1 heterocycles. The Morgan fingerprint density at radius 3 is 2.19 bits per heavy atom. The van der Waals surface area contributed by atoms with Gasteiger partial charge in [-0.3, -0.25) is 0 Å². The molecule has 31 heavy (non-hydrogen) atoms. The molecule has 1 unspecified atom stereocenters. The van der Waals surface area contributed by atoms with Crippen LogP contribution < -0.4 is 18.9 Å². The zero-order valence-electron chi connectivity index (χ0n) is 17.0. The molecule has 6 heteroatoms. The Balaban J connectivity index is 1.26. The van der Waals surface area contributed by atoms with Crippen LogP contribution in [-0.2, 0) is 4.79 Å². The van der Waals surface area contributed by atoms with Gasteiger partial charge in [0.05, 0.1) is 0 Å². The van der Waals surface area contributed by atoms with Crippen LogP contribution in [0, 0.1) is 0 Å². The highest BCUT2D eigenvalue weighted by molar-refractivity contribution is 5.83. The Kier molecular flexibility index (Phi) is 5.80. The fourth-order valence-corrected chi connectivity index (χ4v) is 3.01. The van der Waals surface area contributed by atoms with Crippen molar-refractivity contribution in [3.63, 3.8) is 0 Å². The lowest BCUT2D eigenvalue weighted by molar-refractivity contribution is -0.149. The van der Waals surface area contributed by atoms with Crippen molar-refractivity contribution in [3.05, 3.63) is 84.4 Å². The number of fused-ring (bicyclic) bond motifs is 1. The van der Waals surface area contributed by atoms with Gasteiger partial charge in [0.25, 0.3) is 0 Å². The zero-order chi connectivity index (χ0) is 21.7. The van der Waals surface area contributed by atoms with Crippen LogP contribution in [0.5, 0.6) is 28.7 Å². The number of hydrogen-bond acceptors (Lipinski definition) is 5. The predicted octanol–water partition coefficient (Wildman–Crippen LogP) is 5.19. The average Bonchev–Trinajstić information content (AvgIpc) is 2.78. The van der Waals surface area contributed by atoms with E-state index in [2.05, 4.69) is 0 Å². The van der Waals surface area contributed by atoms with Crippen LogP contribution in [0.3, 0.4) is 0 Å². The van der Waals surface area contributed by atoms with Crippen molar-refractivity contribution in [1.82, 2.24) is 0 Å². The highest BCUT2D eigenvalue weighted by Crippen LogP contribution is 2.33. The van der Waals surface area contributed by atoms with Crippen LogP contribution >= 0.6 is 0 Å². The van der Waals surface area contributed by atoms with Gasteiger partial charge < -0.3 is 24.1 Å². The second-order valence-corrected chi connectivity index (χ2v) is 7.13. The average molecular weight is 418 g/mol. The summed E-state index contributed by atoms with van der Waals surface area (Å²) in [5.74, 6) is 2.36. The topological polar surface area (TPSA) is 74.2 Å². The molecule has 1 aliphatic rings. The molecule has 3 aromatic rings. The number of carboxylic acid groups (broad SMARTS) is 1. The van der Waals surface area contributed by atoms with Crippen molar-refractivity contribution in [3.8, 4) is 28.7 Å². The van der Waals surface area contributed by atoms with Crippen LogP contribution in [0.4, 0.5) is 0 Å². The summed E-state index contributed by atoms with van der Waals surface area (Å²) in [5.41, 5.74) is -0.587. The molecule has 0 bridgehead atoms. The second-order valence-electron chi connectivity index (χ2n) is 7.13. The van der Waals surface area contributed by atoms with E-state index in [1.54, 1.807) is 18.2 Å². The Hall–Kier alpha value is -3.93. The molecule has 0 saturated carbocycles. The number of hydrogen-bond donors (Lipinski definition) is 1. The third-order valence-electron chi connectivity index (χ3n) is 4.73. The molecule has 0 spiro atoms. The van der Waals surface area contributed by atoms with Gasteiger partial charge in [-0.15, -0.1) is 0 Å². The first-order chi connectivity index (χ1) is 15.0. The van der Waals surface area contributed by atoms with Gasteiger partial charge in [0.1, 0.15) is 42.0 Å². The normalized spacial score (nSPS) is 16.7. The van der Waals surface area contributed by atoms with Gasteiger partial charge in [0, 0.05) is 5.56 Å². The summed E-state index contributed by atoms with van der Waals surface area (Å²) < 4.78 is 22.8. The third kappa shape index (κ3) is 4.98. The van der Waals surface area contributed by atoms with Crippen LogP contribution in [0.15, 0.2) is 78.9 Å². The Morgan fingerprint density at radius 1 is 0.871 bits per heavy atom. The highest BCUT2D eigenvalue weighted by atomic mass is 16.5. The summed E-state index contributed by atoms with van der Waals surface area (Å²) in [6.07, 6.45) is 3.26. The van der Waals surface area contributed by atoms with E-state index in [4.69, 9.17) is 18.9 Å². The first-order valence-electron chi connectivity index (χ1n) is 9.86. The van der Waals surface area contributed by atoms with Crippen molar-refractivity contribution >= 4 is 12.0 Å². The molecule has 6 nitrogen and oxygen atoms in total. The maximum absolute atomic E-state index is 11.3. The fraction of sp³-hybridized carbons (Fsp3) is 0.160. The molecule has 158 valence electrons. The third-order valence-corrected chi connectivity index (χ3v) is 4.73. The molecular formula is C25H22O6. The molecule has 1 N–H and O–H groups in total. The minimum Gasteiger partial charge on any atom is -0.490 e. The fourth-order valence-electron chi connectivity index (χ4n) is 3.01. The number of carboxylic acids is 1. The number of benzene rings is 3. The second kappa shape index (κ2) is 8.83. The monoisotopic (exact) mass is 418 g/mol. The SMILES string of the molecule is CC1(C(=O)O)C=Cc2cc(OCCOc3ccc(Oc4ccccc4)cc3)ccc2O1.